The second kappa shape index (κ2) is 4.23. The van der Waals surface area contributed by atoms with Gasteiger partial charge < -0.3 is 10.4 Å². The molecule has 0 amide bonds. The van der Waals surface area contributed by atoms with Crippen LogP contribution in [0.3, 0.4) is 0 Å². The summed E-state index contributed by atoms with van der Waals surface area (Å²) in [7, 11) is 0. The highest BCUT2D eigenvalue weighted by molar-refractivity contribution is 5.78. The van der Waals surface area contributed by atoms with Gasteiger partial charge in [-0.2, -0.15) is 0 Å². The first-order valence-electron chi connectivity index (χ1n) is 4.89. The van der Waals surface area contributed by atoms with Crippen LogP contribution in [0.2, 0.25) is 0 Å². The van der Waals surface area contributed by atoms with Crippen LogP contribution in [-0.2, 0) is 0 Å². The fourth-order valence-corrected chi connectivity index (χ4v) is 1.31. The molecule has 2 aromatic rings. The lowest BCUT2D eigenvalue weighted by molar-refractivity contribution is 0.281. The van der Waals surface area contributed by atoms with Crippen LogP contribution in [0.5, 0.6) is 0 Å². The molecule has 0 saturated carbocycles. The summed E-state index contributed by atoms with van der Waals surface area (Å²) >= 11 is 0. The van der Waals surface area contributed by atoms with Gasteiger partial charge in [0, 0.05) is 17.6 Å². The Kier molecular flexibility index (Phi) is 2.78. The van der Waals surface area contributed by atoms with Crippen molar-refractivity contribution < 1.29 is 5.11 Å². The molecule has 0 radical (unpaired) electrons. The maximum absolute atomic E-state index is 8.89. The van der Waals surface area contributed by atoms with Gasteiger partial charge in [0.15, 0.2) is 0 Å². The van der Waals surface area contributed by atoms with E-state index >= 15 is 0 Å². The zero-order valence-corrected chi connectivity index (χ0v) is 8.51. The Morgan fingerprint density at radius 1 is 1.40 bits per heavy atom. The molecule has 2 N–H and O–H groups in total. The van der Waals surface area contributed by atoms with Gasteiger partial charge in [0.1, 0.15) is 0 Å². The summed E-state index contributed by atoms with van der Waals surface area (Å²) in [6.45, 7) is 1.94. The monoisotopic (exact) mass is 203 g/mol. The maximum atomic E-state index is 8.89. The zero-order chi connectivity index (χ0) is 10.7. The molecule has 15 heavy (non-hydrogen) atoms. The summed E-state index contributed by atoms with van der Waals surface area (Å²) in [5.74, 6) is 0.551. The normalized spacial score (nSPS) is 12.7. The fraction of sp³-hybridized carbons (Fsp3) is 0.273. The minimum Gasteiger partial charge on any atom is -0.394 e. The van der Waals surface area contributed by atoms with Gasteiger partial charge in [-0.3, -0.25) is 0 Å². The molecule has 1 aromatic carbocycles. The number of benzene rings is 1. The maximum Gasteiger partial charge on any atom is 0.223 e. The predicted molar refractivity (Wildman–Crippen MR) is 59.7 cm³/mol. The molecule has 4 nitrogen and oxygen atoms in total. The summed E-state index contributed by atoms with van der Waals surface area (Å²) in [5.41, 5.74) is 0.903. The largest absolute Gasteiger partial charge is 0.394 e. The van der Waals surface area contributed by atoms with Crippen LogP contribution in [0.15, 0.2) is 30.5 Å². The van der Waals surface area contributed by atoms with Crippen molar-refractivity contribution >= 4 is 16.9 Å². The molecule has 1 unspecified atom stereocenters. The number of fused-ring (bicyclic) bond motifs is 1. The molecular formula is C11H13N3O. The number of hydrogen-bond acceptors (Lipinski definition) is 4. The highest BCUT2D eigenvalue weighted by Gasteiger charge is 2.02. The fourth-order valence-electron chi connectivity index (χ4n) is 1.31. The summed E-state index contributed by atoms with van der Waals surface area (Å²) < 4.78 is 0. The number of aromatic nitrogens is 2. The topological polar surface area (TPSA) is 58.0 Å². The molecule has 0 fully saturated rings. The standard InChI is InChI=1S/C11H13N3O/c1-8(7-15)13-11-12-6-9-4-2-3-5-10(9)14-11/h2-6,8,15H,7H2,1H3,(H,12,13,14). The van der Waals surface area contributed by atoms with Crippen molar-refractivity contribution in [3.63, 3.8) is 0 Å². The molecular weight excluding hydrogens is 190 g/mol. The van der Waals surface area contributed by atoms with Crippen molar-refractivity contribution in [2.24, 2.45) is 0 Å². The Morgan fingerprint density at radius 2 is 2.20 bits per heavy atom. The number of para-hydroxylation sites is 1. The summed E-state index contributed by atoms with van der Waals surface area (Å²) in [5, 5.41) is 12.9. The molecule has 0 spiro atoms. The van der Waals surface area contributed by atoms with Gasteiger partial charge in [-0.15, -0.1) is 0 Å². The van der Waals surface area contributed by atoms with Crippen molar-refractivity contribution in [1.82, 2.24) is 9.97 Å². The van der Waals surface area contributed by atoms with Crippen molar-refractivity contribution in [1.29, 1.82) is 0 Å². The van der Waals surface area contributed by atoms with Crippen molar-refractivity contribution in [2.75, 3.05) is 11.9 Å². The van der Waals surface area contributed by atoms with E-state index in [4.69, 9.17) is 5.11 Å². The van der Waals surface area contributed by atoms with Crippen LogP contribution in [0, 0.1) is 0 Å². The average molecular weight is 203 g/mol. The summed E-state index contributed by atoms with van der Waals surface area (Å²) in [6, 6.07) is 7.76. The van der Waals surface area contributed by atoms with Gasteiger partial charge in [-0.05, 0) is 13.0 Å². The summed E-state index contributed by atoms with van der Waals surface area (Å²) in [6.07, 6.45) is 1.77. The number of anilines is 1. The van der Waals surface area contributed by atoms with Gasteiger partial charge in [0.05, 0.1) is 12.1 Å². The Labute approximate surface area is 88.0 Å². The van der Waals surface area contributed by atoms with Crippen LogP contribution >= 0.6 is 0 Å². The summed E-state index contributed by atoms with van der Waals surface area (Å²) in [4.78, 5) is 8.49. The minimum atomic E-state index is -0.0360. The van der Waals surface area contributed by atoms with Gasteiger partial charge in [-0.1, -0.05) is 18.2 Å². The number of nitrogens with one attached hydrogen (secondary N) is 1. The number of hydrogen-bond donors (Lipinski definition) is 2. The SMILES string of the molecule is CC(CO)Nc1ncc2ccccc2n1. The number of rotatable bonds is 3. The van der Waals surface area contributed by atoms with Crippen LogP contribution in [0.1, 0.15) is 6.92 Å². The van der Waals surface area contributed by atoms with E-state index < -0.39 is 0 Å². The molecule has 2 rings (SSSR count). The van der Waals surface area contributed by atoms with E-state index in [9.17, 15) is 0 Å². The molecule has 0 aliphatic rings. The molecule has 78 valence electrons. The lowest BCUT2D eigenvalue weighted by Gasteiger charge is -2.10. The lowest BCUT2D eigenvalue weighted by Crippen LogP contribution is -2.20. The van der Waals surface area contributed by atoms with Gasteiger partial charge >= 0.3 is 0 Å². The van der Waals surface area contributed by atoms with Crippen LogP contribution in [-0.4, -0.2) is 27.7 Å². The Bertz CT molecular complexity index is 458. The second-order valence-electron chi connectivity index (χ2n) is 3.48. The first-order chi connectivity index (χ1) is 7.29. The van der Waals surface area contributed by atoms with E-state index in [0.717, 1.165) is 10.9 Å². The van der Waals surface area contributed by atoms with Crippen LogP contribution in [0.4, 0.5) is 5.95 Å². The van der Waals surface area contributed by atoms with Crippen LogP contribution in [0.25, 0.3) is 10.9 Å². The average Bonchev–Trinajstić information content (AvgIpc) is 2.29. The van der Waals surface area contributed by atoms with Crippen LogP contribution < -0.4 is 5.32 Å². The third kappa shape index (κ3) is 2.22. The van der Waals surface area contributed by atoms with Gasteiger partial charge in [-0.25, -0.2) is 9.97 Å². The van der Waals surface area contributed by atoms with E-state index in [-0.39, 0.29) is 12.6 Å². The molecule has 0 saturated heterocycles. The van der Waals surface area contributed by atoms with Gasteiger partial charge in [0.2, 0.25) is 5.95 Å². The number of aliphatic hydroxyl groups is 1. The van der Waals surface area contributed by atoms with E-state index in [1.54, 1.807) is 6.20 Å². The first-order valence-corrected chi connectivity index (χ1v) is 4.89. The van der Waals surface area contributed by atoms with Gasteiger partial charge in [0.25, 0.3) is 0 Å². The quantitative estimate of drug-likeness (QED) is 0.792. The Hall–Kier alpha value is -1.68. The lowest BCUT2D eigenvalue weighted by atomic mass is 10.2. The predicted octanol–water partition coefficient (Wildman–Crippen LogP) is 1.42. The van der Waals surface area contributed by atoms with E-state index in [1.807, 2.05) is 31.2 Å². The molecule has 1 atom stereocenters. The van der Waals surface area contributed by atoms with E-state index in [0.29, 0.717) is 5.95 Å². The second-order valence-corrected chi connectivity index (χ2v) is 3.48. The number of nitrogens with zero attached hydrogens (tertiary/aromatic N) is 2. The van der Waals surface area contributed by atoms with E-state index in [1.165, 1.54) is 0 Å². The third-order valence-electron chi connectivity index (χ3n) is 2.14. The van der Waals surface area contributed by atoms with Crippen molar-refractivity contribution in [3.8, 4) is 0 Å². The molecule has 0 aliphatic carbocycles. The minimum absolute atomic E-state index is 0.0360. The molecule has 0 bridgehead atoms. The van der Waals surface area contributed by atoms with Crippen molar-refractivity contribution in [3.05, 3.63) is 30.5 Å². The number of aliphatic hydroxyl groups excluding tert-OH is 1. The third-order valence-corrected chi connectivity index (χ3v) is 2.14. The molecule has 1 heterocycles. The Morgan fingerprint density at radius 3 is 3.00 bits per heavy atom. The molecule has 1 aromatic heterocycles. The molecule has 4 heteroatoms. The zero-order valence-electron chi connectivity index (χ0n) is 8.51. The smallest absolute Gasteiger partial charge is 0.223 e. The first kappa shape index (κ1) is 9.86. The van der Waals surface area contributed by atoms with E-state index in [2.05, 4.69) is 15.3 Å². The molecule has 0 aliphatic heterocycles. The highest BCUT2D eigenvalue weighted by atomic mass is 16.3. The van der Waals surface area contributed by atoms with Crippen molar-refractivity contribution in [2.45, 2.75) is 13.0 Å². The highest BCUT2D eigenvalue weighted by Crippen LogP contribution is 2.11. The Balaban J connectivity index is 2.30.